The number of hydrogen-bond acceptors (Lipinski definition) is 2. The zero-order valence-corrected chi connectivity index (χ0v) is 5.62. The normalized spacial score (nSPS) is 8.80. The fourth-order valence-corrected chi connectivity index (χ4v) is 0.594. The van der Waals surface area contributed by atoms with Crippen molar-refractivity contribution in [2.45, 2.75) is 0 Å². The second kappa shape index (κ2) is 2.92. The van der Waals surface area contributed by atoms with Gasteiger partial charge in [0.1, 0.15) is 0 Å². The summed E-state index contributed by atoms with van der Waals surface area (Å²) < 4.78 is 0. The van der Waals surface area contributed by atoms with Gasteiger partial charge in [0.05, 0.1) is 23.8 Å². The van der Waals surface area contributed by atoms with Crippen LogP contribution in [-0.4, -0.2) is 9.97 Å². The summed E-state index contributed by atoms with van der Waals surface area (Å²) in [6, 6.07) is 0. The van der Waals surface area contributed by atoms with Gasteiger partial charge in [-0.15, -0.1) is 0 Å². The summed E-state index contributed by atoms with van der Waals surface area (Å²) >= 11 is 0. The summed E-state index contributed by atoms with van der Waals surface area (Å²) in [4.78, 5) is 8.03. The van der Waals surface area contributed by atoms with E-state index < -0.39 is 0 Å². The van der Waals surface area contributed by atoms with E-state index in [9.17, 15) is 0 Å². The Bertz CT molecular complexity index is 230. The molecule has 2 nitrogen and oxygen atoms in total. The molecular weight excluding hydrogens is 124 g/mol. The van der Waals surface area contributed by atoms with Crippen LogP contribution in [0.15, 0.2) is 25.6 Å². The first kappa shape index (κ1) is 6.68. The van der Waals surface area contributed by atoms with Crippen LogP contribution in [0.2, 0.25) is 0 Å². The van der Waals surface area contributed by atoms with Crippen molar-refractivity contribution < 1.29 is 0 Å². The van der Waals surface area contributed by atoms with Gasteiger partial charge in [-0.3, -0.25) is 4.98 Å². The maximum atomic E-state index is 4.11. The van der Waals surface area contributed by atoms with Gasteiger partial charge in [-0.25, -0.2) is 4.98 Å². The molecule has 1 aromatic rings. The summed E-state index contributed by atoms with van der Waals surface area (Å²) in [5.41, 5.74) is 1.55. The Morgan fingerprint density at radius 2 is 1.60 bits per heavy atom. The van der Waals surface area contributed by atoms with Gasteiger partial charge in [0.15, 0.2) is 0 Å². The standard InChI is InChI=1S/C8H8N2/c1-3-7-5-9-6-8(4-2)10-7/h3-6H,1-2H2. The third-order valence-electron chi connectivity index (χ3n) is 1.09. The van der Waals surface area contributed by atoms with Gasteiger partial charge in [0.25, 0.3) is 0 Å². The molecule has 0 unspecified atom stereocenters. The van der Waals surface area contributed by atoms with Gasteiger partial charge in [0, 0.05) is 0 Å². The minimum Gasteiger partial charge on any atom is -0.260 e. The lowest BCUT2D eigenvalue weighted by molar-refractivity contribution is 1.16. The maximum Gasteiger partial charge on any atom is 0.0814 e. The molecule has 0 N–H and O–H groups in total. The molecule has 0 aliphatic carbocycles. The molecule has 0 aromatic carbocycles. The minimum atomic E-state index is 0.775. The number of aromatic nitrogens is 2. The van der Waals surface area contributed by atoms with E-state index in [1.807, 2.05) is 0 Å². The maximum absolute atomic E-state index is 4.11. The summed E-state index contributed by atoms with van der Waals surface area (Å²) in [6.45, 7) is 7.14. The summed E-state index contributed by atoms with van der Waals surface area (Å²) in [5.74, 6) is 0. The van der Waals surface area contributed by atoms with E-state index >= 15 is 0 Å². The molecular formula is C8H8N2. The molecule has 0 aliphatic rings. The molecule has 0 spiro atoms. The Labute approximate surface area is 60.0 Å². The highest BCUT2D eigenvalue weighted by Crippen LogP contribution is 1.97. The van der Waals surface area contributed by atoms with E-state index in [0.29, 0.717) is 0 Å². The molecule has 0 fully saturated rings. The van der Waals surface area contributed by atoms with Crippen molar-refractivity contribution in [1.82, 2.24) is 9.97 Å². The third-order valence-corrected chi connectivity index (χ3v) is 1.09. The van der Waals surface area contributed by atoms with Crippen LogP contribution in [-0.2, 0) is 0 Å². The number of rotatable bonds is 2. The first-order valence-electron chi connectivity index (χ1n) is 2.93. The molecule has 0 aliphatic heterocycles. The van der Waals surface area contributed by atoms with Gasteiger partial charge in [0.2, 0.25) is 0 Å². The lowest BCUT2D eigenvalue weighted by Gasteiger charge is -1.91. The van der Waals surface area contributed by atoms with E-state index in [1.54, 1.807) is 24.5 Å². The Morgan fingerprint density at radius 3 is 2.00 bits per heavy atom. The molecule has 0 bridgehead atoms. The van der Waals surface area contributed by atoms with E-state index in [-0.39, 0.29) is 0 Å². The van der Waals surface area contributed by atoms with Crippen LogP contribution in [0.4, 0.5) is 0 Å². The van der Waals surface area contributed by atoms with Crippen molar-refractivity contribution >= 4 is 12.2 Å². The number of nitrogens with zero attached hydrogens (tertiary/aromatic N) is 2. The van der Waals surface area contributed by atoms with Crippen LogP contribution in [0.1, 0.15) is 11.4 Å². The largest absolute Gasteiger partial charge is 0.260 e. The Balaban J connectivity index is 3.09. The molecule has 10 heavy (non-hydrogen) atoms. The quantitative estimate of drug-likeness (QED) is 0.612. The average molecular weight is 132 g/mol. The summed E-state index contributed by atoms with van der Waals surface area (Å²) in [7, 11) is 0. The predicted octanol–water partition coefficient (Wildman–Crippen LogP) is 1.76. The lowest BCUT2D eigenvalue weighted by atomic mass is 10.4. The van der Waals surface area contributed by atoms with Crippen molar-refractivity contribution in [3.63, 3.8) is 0 Å². The molecule has 0 radical (unpaired) electrons. The summed E-state index contributed by atoms with van der Waals surface area (Å²) in [6.07, 6.45) is 6.61. The van der Waals surface area contributed by atoms with Crippen molar-refractivity contribution in [3.8, 4) is 0 Å². The van der Waals surface area contributed by atoms with Crippen molar-refractivity contribution in [1.29, 1.82) is 0 Å². The zero-order chi connectivity index (χ0) is 7.40. The van der Waals surface area contributed by atoms with E-state index in [2.05, 4.69) is 23.1 Å². The first-order valence-corrected chi connectivity index (χ1v) is 2.93. The first-order chi connectivity index (χ1) is 4.86. The van der Waals surface area contributed by atoms with Crippen LogP contribution < -0.4 is 0 Å². The smallest absolute Gasteiger partial charge is 0.0814 e. The fourth-order valence-electron chi connectivity index (χ4n) is 0.594. The van der Waals surface area contributed by atoms with E-state index in [0.717, 1.165) is 11.4 Å². The highest BCUT2D eigenvalue weighted by atomic mass is 14.8. The fraction of sp³-hybridized carbons (Fsp3) is 0. The van der Waals surface area contributed by atoms with Crippen molar-refractivity contribution in [2.75, 3.05) is 0 Å². The number of hydrogen-bond donors (Lipinski definition) is 0. The highest BCUT2D eigenvalue weighted by molar-refractivity contribution is 5.45. The SMILES string of the molecule is C=Cc1cncc(C=C)n1. The van der Waals surface area contributed by atoms with Gasteiger partial charge < -0.3 is 0 Å². The highest BCUT2D eigenvalue weighted by Gasteiger charge is 1.88. The Morgan fingerprint density at radius 1 is 1.10 bits per heavy atom. The molecule has 1 aromatic heterocycles. The lowest BCUT2D eigenvalue weighted by Crippen LogP contribution is -1.85. The monoisotopic (exact) mass is 132 g/mol. The van der Waals surface area contributed by atoms with E-state index in [4.69, 9.17) is 0 Å². The average Bonchev–Trinajstić information content (AvgIpc) is 2.05. The third kappa shape index (κ3) is 1.29. The van der Waals surface area contributed by atoms with Gasteiger partial charge in [-0.05, 0) is 12.2 Å². The molecule has 1 rings (SSSR count). The van der Waals surface area contributed by atoms with Crippen LogP contribution in [0, 0.1) is 0 Å². The molecule has 1 heterocycles. The molecule has 0 amide bonds. The Kier molecular flexibility index (Phi) is 1.95. The molecule has 50 valence electrons. The predicted molar refractivity (Wildman–Crippen MR) is 42.2 cm³/mol. The molecule has 2 heteroatoms. The topological polar surface area (TPSA) is 25.8 Å². The minimum absolute atomic E-state index is 0.775. The van der Waals surface area contributed by atoms with Gasteiger partial charge in [-0.1, -0.05) is 13.2 Å². The van der Waals surface area contributed by atoms with Crippen LogP contribution in [0.25, 0.3) is 12.2 Å². The second-order valence-electron chi connectivity index (χ2n) is 1.78. The summed E-state index contributed by atoms with van der Waals surface area (Å²) in [5, 5.41) is 0. The van der Waals surface area contributed by atoms with Gasteiger partial charge in [-0.2, -0.15) is 0 Å². The van der Waals surface area contributed by atoms with Crippen LogP contribution in [0.3, 0.4) is 0 Å². The molecule has 0 atom stereocenters. The van der Waals surface area contributed by atoms with Crippen molar-refractivity contribution in [2.24, 2.45) is 0 Å². The van der Waals surface area contributed by atoms with Crippen LogP contribution >= 0.6 is 0 Å². The molecule has 0 saturated carbocycles. The zero-order valence-electron chi connectivity index (χ0n) is 5.62. The molecule has 0 saturated heterocycles. The Hall–Kier alpha value is -1.44. The second-order valence-corrected chi connectivity index (χ2v) is 1.78. The van der Waals surface area contributed by atoms with Crippen molar-refractivity contribution in [3.05, 3.63) is 36.9 Å². The van der Waals surface area contributed by atoms with E-state index in [1.165, 1.54) is 0 Å². The van der Waals surface area contributed by atoms with Gasteiger partial charge >= 0.3 is 0 Å². The van der Waals surface area contributed by atoms with Crippen LogP contribution in [0.5, 0.6) is 0 Å².